The summed E-state index contributed by atoms with van der Waals surface area (Å²) in [5, 5.41) is 12.0. The van der Waals surface area contributed by atoms with E-state index in [2.05, 4.69) is 15.3 Å². The Morgan fingerprint density at radius 3 is 2.50 bits per heavy atom. The molecule has 16 heavy (non-hydrogen) atoms. The van der Waals surface area contributed by atoms with Crippen molar-refractivity contribution in [2.75, 3.05) is 11.9 Å². The number of aryl methyl sites for hydroxylation is 1. The van der Waals surface area contributed by atoms with E-state index in [1.165, 1.54) is 0 Å². The summed E-state index contributed by atoms with van der Waals surface area (Å²) in [4.78, 5) is 19.2. The first-order valence-electron chi connectivity index (χ1n) is 5.24. The summed E-state index contributed by atoms with van der Waals surface area (Å²) in [6.45, 7) is 5.78. The number of nitrogens with zero attached hydrogens (tertiary/aromatic N) is 2. The van der Waals surface area contributed by atoms with Gasteiger partial charge in [0.05, 0.1) is 5.41 Å². The van der Waals surface area contributed by atoms with Crippen LogP contribution in [0.25, 0.3) is 0 Å². The molecule has 0 bridgehead atoms. The van der Waals surface area contributed by atoms with Crippen LogP contribution in [0.1, 0.15) is 25.8 Å². The van der Waals surface area contributed by atoms with Crippen LogP contribution in [0.3, 0.4) is 0 Å². The highest BCUT2D eigenvalue weighted by Crippen LogP contribution is 2.21. The van der Waals surface area contributed by atoms with E-state index in [1.807, 2.05) is 13.8 Å². The van der Waals surface area contributed by atoms with Crippen molar-refractivity contribution >= 4 is 11.9 Å². The molecule has 1 rings (SSSR count). The second-order valence-corrected chi connectivity index (χ2v) is 4.16. The molecule has 0 amide bonds. The highest BCUT2D eigenvalue weighted by Gasteiger charge is 2.30. The number of hydrogen-bond donors (Lipinski definition) is 2. The molecule has 2 N–H and O–H groups in total. The van der Waals surface area contributed by atoms with Gasteiger partial charge in [0.1, 0.15) is 0 Å². The summed E-state index contributed by atoms with van der Waals surface area (Å²) in [5.74, 6) is -0.346. The van der Waals surface area contributed by atoms with Gasteiger partial charge in [0.2, 0.25) is 5.95 Å². The van der Waals surface area contributed by atoms with Crippen molar-refractivity contribution in [1.82, 2.24) is 9.97 Å². The molecule has 0 aliphatic carbocycles. The zero-order valence-corrected chi connectivity index (χ0v) is 9.82. The number of nitrogens with one attached hydrogen (secondary N) is 1. The van der Waals surface area contributed by atoms with Gasteiger partial charge in [-0.1, -0.05) is 6.92 Å². The summed E-state index contributed by atoms with van der Waals surface area (Å²) in [6.07, 6.45) is 3.94. The number of aromatic nitrogens is 2. The molecule has 1 heterocycles. The number of anilines is 1. The Kier molecular flexibility index (Phi) is 3.82. The van der Waals surface area contributed by atoms with Crippen molar-refractivity contribution in [2.24, 2.45) is 5.41 Å². The molecule has 0 spiro atoms. The Balaban J connectivity index is 2.63. The maximum absolute atomic E-state index is 11.0. The third-order valence-corrected chi connectivity index (χ3v) is 2.71. The summed E-state index contributed by atoms with van der Waals surface area (Å²) < 4.78 is 0. The van der Waals surface area contributed by atoms with Crippen LogP contribution in [0.15, 0.2) is 12.4 Å². The zero-order valence-electron chi connectivity index (χ0n) is 9.82. The molecule has 0 saturated heterocycles. The lowest BCUT2D eigenvalue weighted by Gasteiger charge is -2.23. The number of hydrogen-bond acceptors (Lipinski definition) is 4. The van der Waals surface area contributed by atoms with Crippen molar-refractivity contribution in [3.63, 3.8) is 0 Å². The Bertz CT molecular complexity index is 364. The molecule has 1 aromatic heterocycles. The number of rotatable bonds is 5. The molecular weight excluding hydrogens is 206 g/mol. The highest BCUT2D eigenvalue weighted by molar-refractivity contribution is 5.74. The lowest BCUT2D eigenvalue weighted by molar-refractivity contribution is -0.147. The van der Waals surface area contributed by atoms with E-state index < -0.39 is 11.4 Å². The van der Waals surface area contributed by atoms with E-state index in [4.69, 9.17) is 5.11 Å². The minimum Gasteiger partial charge on any atom is -0.481 e. The Labute approximate surface area is 94.9 Å². The number of carboxylic acid groups (broad SMARTS) is 1. The standard InChI is InChI=1S/C11H17N3O2/c1-4-11(3,9(15)16)7-14-10-12-5-8(2)6-13-10/h5-6H,4,7H2,1-3H3,(H,15,16)(H,12,13,14). The van der Waals surface area contributed by atoms with Gasteiger partial charge >= 0.3 is 5.97 Å². The molecule has 1 atom stereocenters. The molecule has 0 fully saturated rings. The van der Waals surface area contributed by atoms with Crippen LogP contribution in [-0.2, 0) is 4.79 Å². The van der Waals surface area contributed by atoms with Crippen molar-refractivity contribution < 1.29 is 9.90 Å². The first-order chi connectivity index (χ1) is 7.48. The van der Waals surface area contributed by atoms with Gasteiger partial charge in [-0.05, 0) is 25.8 Å². The number of carboxylic acids is 1. The second-order valence-electron chi connectivity index (χ2n) is 4.16. The first-order valence-corrected chi connectivity index (χ1v) is 5.24. The molecule has 1 unspecified atom stereocenters. The van der Waals surface area contributed by atoms with Gasteiger partial charge in [0.25, 0.3) is 0 Å². The SMILES string of the molecule is CCC(C)(CNc1ncc(C)cn1)C(=O)O. The van der Waals surface area contributed by atoms with Gasteiger partial charge in [-0.2, -0.15) is 0 Å². The van der Waals surface area contributed by atoms with Crippen LogP contribution in [0.4, 0.5) is 5.95 Å². The molecule has 0 saturated carbocycles. The Hall–Kier alpha value is -1.65. The van der Waals surface area contributed by atoms with Gasteiger partial charge in [-0.3, -0.25) is 4.79 Å². The monoisotopic (exact) mass is 223 g/mol. The van der Waals surface area contributed by atoms with E-state index in [0.29, 0.717) is 18.9 Å². The molecule has 88 valence electrons. The third kappa shape index (κ3) is 2.92. The molecule has 0 radical (unpaired) electrons. The van der Waals surface area contributed by atoms with E-state index >= 15 is 0 Å². The summed E-state index contributed by atoms with van der Waals surface area (Å²) in [7, 11) is 0. The smallest absolute Gasteiger partial charge is 0.311 e. The van der Waals surface area contributed by atoms with Crippen LogP contribution in [0.2, 0.25) is 0 Å². The summed E-state index contributed by atoms with van der Waals surface area (Å²) >= 11 is 0. The topological polar surface area (TPSA) is 75.1 Å². The van der Waals surface area contributed by atoms with Crippen molar-refractivity contribution in [2.45, 2.75) is 27.2 Å². The molecule has 5 heteroatoms. The lowest BCUT2D eigenvalue weighted by atomic mass is 9.88. The normalized spacial score (nSPS) is 14.2. The molecular formula is C11H17N3O2. The predicted octanol–water partition coefficient (Wildman–Crippen LogP) is 1.70. The highest BCUT2D eigenvalue weighted by atomic mass is 16.4. The average molecular weight is 223 g/mol. The summed E-state index contributed by atoms with van der Waals surface area (Å²) in [6, 6.07) is 0. The van der Waals surface area contributed by atoms with Crippen LogP contribution in [0.5, 0.6) is 0 Å². The third-order valence-electron chi connectivity index (χ3n) is 2.71. The summed E-state index contributed by atoms with van der Waals surface area (Å²) in [5.41, 5.74) is 0.191. The fourth-order valence-corrected chi connectivity index (χ4v) is 1.11. The number of carbonyl (C=O) groups is 1. The fourth-order valence-electron chi connectivity index (χ4n) is 1.11. The Morgan fingerprint density at radius 1 is 1.50 bits per heavy atom. The number of aliphatic carboxylic acids is 1. The van der Waals surface area contributed by atoms with E-state index in [9.17, 15) is 4.79 Å². The van der Waals surface area contributed by atoms with Crippen LogP contribution in [0, 0.1) is 12.3 Å². The molecule has 0 aromatic carbocycles. The van der Waals surface area contributed by atoms with E-state index in [0.717, 1.165) is 5.56 Å². The first kappa shape index (κ1) is 12.4. The van der Waals surface area contributed by atoms with Gasteiger partial charge in [0, 0.05) is 18.9 Å². The largest absolute Gasteiger partial charge is 0.481 e. The van der Waals surface area contributed by atoms with Gasteiger partial charge in [-0.15, -0.1) is 0 Å². The van der Waals surface area contributed by atoms with Gasteiger partial charge in [0.15, 0.2) is 0 Å². The zero-order chi connectivity index (χ0) is 12.2. The minimum absolute atomic E-state index is 0.321. The Morgan fingerprint density at radius 2 is 2.06 bits per heavy atom. The van der Waals surface area contributed by atoms with Crippen molar-refractivity contribution in [1.29, 1.82) is 0 Å². The quantitative estimate of drug-likeness (QED) is 0.794. The van der Waals surface area contributed by atoms with E-state index in [1.54, 1.807) is 19.3 Å². The van der Waals surface area contributed by atoms with Gasteiger partial charge < -0.3 is 10.4 Å². The maximum atomic E-state index is 11.0. The van der Waals surface area contributed by atoms with Crippen LogP contribution >= 0.6 is 0 Å². The molecule has 0 aliphatic heterocycles. The molecule has 5 nitrogen and oxygen atoms in total. The predicted molar refractivity (Wildman–Crippen MR) is 61.3 cm³/mol. The van der Waals surface area contributed by atoms with Crippen molar-refractivity contribution in [3.8, 4) is 0 Å². The van der Waals surface area contributed by atoms with Crippen LogP contribution < -0.4 is 5.32 Å². The molecule has 1 aromatic rings. The average Bonchev–Trinajstić information content (AvgIpc) is 2.27. The van der Waals surface area contributed by atoms with Crippen molar-refractivity contribution in [3.05, 3.63) is 18.0 Å². The fraction of sp³-hybridized carbons (Fsp3) is 0.545. The lowest BCUT2D eigenvalue weighted by Crippen LogP contribution is -2.34. The van der Waals surface area contributed by atoms with E-state index in [-0.39, 0.29) is 0 Å². The maximum Gasteiger partial charge on any atom is 0.311 e. The van der Waals surface area contributed by atoms with Gasteiger partial charge in [-0.25, -0.2) is 9.97 Å². The second kappa shape index (κ2) is 4.92. The minimum atomic E-state index is -0.811. The molecule has 0 aliphatic rings. The van der Waals surface area contributed by atoms with Crippen LogP contribution in [-0.4, -0.2) is 27.6 Å².